The summed E-state index contributed by atoms with van der Waals surface area (Å²) in [7, 11) is 0. The van der Waals surface area contributed by atoms with Crippen molar-refractivity contribution in [1.29, 1.82) is 0 Å². The first-order valence-corrected chi connectivity index (χ1v) is 6.76. The molecule has 2 rings (SSSR count). The second-order valence-electron chi connectivity index (χ2n) is 4.68. The fourth-order valence-corrected chi connectivity index (χ4v) is 2.84. The summed E-state index contributed by atoms with van der Waals surface area (Å²) >= 11 is 5.91. The van der Waals surface area contributed by atoms with E-state index in [2.05, 4.69) is 4.90 Å². The van der Waals surface area contributed by atoms with Crippen LogP contribution in [0.15, 0.2) is 18.2 Å². The van der Waals surface area contributed by atoms with E-state index in [4.69, 9.17) is 16.7 Å². The molecular formula is C14H18ClNO2. The lowest BCUT2D eigenvalue weighted by Gasteiger charge is -2.28. The molecule has 0 aliphatic carbocycles. The number of carbonyl (C=O) groups excluding carboxylic acids is 1. The van der Waals surface area contributed by atoms with Gasteiger partial charge in [-0.3, -0.25) is 4.79 Å². The first-order valence-electron chi connectivity index (χ1n) is 6.38. The first kappa shape index (κ1) is 13.4. The van der Waals surface area contributed by atoms with Gasteiger partial charge in [0.25, 0.3) is 0 Å². The minimum Gasteiger partial charge on any atom is -0.396 e. The fourth-order valence-electron chi connectivity index (χ4n) is 2.66. The van der Waals surface area contributed by atoms with E-state index in [9.17, 15) is 4.79 Å². The maximum Gasteiger partial charge on any atom is 0.152 e. The average Bonchev–Trinajstić information content (AvgIpc) is 2.84. The molecule has 1 saturated heterocycles. The third kappa shape index (κ3) is 2.85. The van der Waals surface area contributed by atoms with E-state index in [1.807, 2.05) is 12.1 Å². The first-order chi connectivity index (χ1) is 8.76. The number of hydrogen-bond acceptors (Lipinski definition) is 3. The van der Waals surface area contributed by atoms with Crippen molar-refractivity contribution >= 4 is 23.6 Å². The molecule has 18 heavy (non-hydrogen) atoms. The number of aliphatic hydroxyl groups is 1. The van der Waals surface area contributed by atoms with Crippen LogP contribution in [-0.4, -0.2) is 30.6 Å². The van der Waals surface area contributed by atoms with Crippen LogP contribution < -0.4 is 4.90 Å². The SMILES string of the molecule is O=Cc1cc(Cl)ccc1N1CCCC1CCCO. The van der Waals surface area contributed by atoms with E-state index in [0.717, 1.165) is 44.2 Å². The second kappa shape index (κ2) is 6.21. The van der Waals surface area contributed by atoms with E-state index < -0.39 is 0 Å². The average molecular weight is 268 g/mol. The van der Waals surface area contributed by atoms with Crippen LogP contribution in [0.5, 0.6) is 0 Å². The van der Waals surface area contributed by atoms with Crippen molar-refractivity contribution in [3.05, 3.63) is 28.8 Å². The minimum atomic E-state index is 0.228. The lowest BCUT2D eigenvalue weighted by Crippen LogP contribution is -2.30. The highest BCUT2D eigenvalue weighted by molar-refractivity contribution is 6.31. The van der Waals surface area contributed by atoms with Crippen LogP contribution in [-0.2, 0) is 0 Å². The predicted molar refractivity (Wildman–Crippen MR) is 73.5 cm³/mol. The van der Waals surface area contributed by atoms with Gasteiger partial charge in [0.15, 0.2) is 6.29 Å². The molecule has 1 aliphatic heterocycles. The van der Waals surface area contributed by atoms with Gasteiger partial charge in [-0.05, 0) is 43.9 Å². The Labute approximate surface area is 112 Å². The zero-order valence-electron chi connectivity index (χ0n) is 10.3. The van der Waals surface area contributed by atoms with Crippen molar-refractivity contribution in [3.8, 4) is 0 Å². The van der Waals surface area contributed by atoms with E-state index in [-0.39, 0.29) is 6.61 Å². The van der Waals surface area contributed by atoms with Crippen molar-refractivity contribution in [2.24, 2.45) is 0 Å². The van der Waals surface area contributed by atoms with Gasteiger partial charge in [-0.25, -0.2) is 0 Å². The zero-order chi connectivity index (χ0) is 13.0. The Morgan fingerprint density at radius 1 is 1.50 bits per heavy atom. The Morgan fingerprint density at radius 3 is 3.06 bits per heavy atom. The summed E-state index contributed by atoms with van der Waals surface area (Å²) in [4.78, 5) is 13.4. The number of anilines is 1. The largest absolute Gasteiger partial charge is 0.396 e. The number of rotatable bonds is 5. The number of carbonyl (C=O) groups is 1. The minimum absolute atomic E-state index is 0.228. The van der Waals surface area contributed by atoms with Crippen molar-refractivity contribution in [2.75, 3.05) is 18.1 Å². The Hall–Kier alpha value is -1.06. The Bertz CT molecular complexity index is 422. The normalized spacial score (nSPS) is 19.2. The van der Waals surface area contributed by atoms with E-state index in [1.165, 1.54) is 0 Å². The molecular weight excluding hydrogens is 250 g/mol. The Kier molecular flexibility index (Phi) is 4.61. The molecule has 0 aromatic heterocycles. The van der Waals surface area contributed by atoms with Gasteiger partial charge in [0, 0.05) is 35.5 Å². The van der Waals surface area contributed by atoms with Gasteiger partial charge in [-0.1, -0.05) is 11.6 Å². The quantitative estimate of drug-likeness (QED) is 0.834. The monoisotopic (exact) mass is 267 g/mol. The fraction of sp³-hybridized carbons (Fsp3) is 0.500. The van der Waals surface area contributed by atoms with Gasteiger partial charge in [-0.2, -0.15) is 0 Å². The van der Waals surface area contributed by atoms with Crippen LogP contribution >= 0.6 is 11.6 Å². The summed E-state index contributed by atoms with van der Waals surface area (Å²) < 4.78 is 0. The maximum atomic E-state index is 11.1. The van der Waals surface area contributed by atoms with Gasteiger partial charge < -0.3 is 10.0 Å². The van der Waals surface area contributed by atoms with Gasteiger partial charge in [0.05, 0.1) is 0 Å². The molecule has 1 aromatic rings. The molecule has 1 heterocycles. The molecule has 3 nitrogen and oxygen atoms in total. The summed E-state index contributed by atoms with van der Waals surface area (Å²) in [6.45, 7) is 1.20. The van der Waals surface area contributed by atoms with E-state index in [1.54, 1.807) is 6.07 Å². The molecule has 1 N–H and O–H groups in total. The lowest BCUT2D eigenvalue weighted by atomic mass is 10.1. The molecule has 4 heteroatoms. The molecule has 1 aromatic carbocycles. The molecule has 1 fully saturated rings. The van der Waals surface area contributed by atoms with Crippen molar-refractivity contribution in [3.63, 3.8) is 0 Å². The van der Waals surface area contributed by atoms with E-state index >= 15 is 0 Å². The van der Waals surface area contributed by atoms with Gasteiger partial charge >= 0.3 is 0 Å². The van der Waals surface area contributed by atoms with Crippen molar-refractivity contribution in [1.82, 2.24) is 0 Å². The summed E-state index contributed by atoms with van der Waals surface area (Å²) in [6, 6.07) is 5.89. The van der Waals surface area contributed by atoms with Crippen LogP contribution in [0.3, 0.4) is 0 Å². The lowest BCUT2D eigenvalue weighted by molar-refractivity contribution is 0.112. The molecule has 1 aliphatic rings. The van der Waals surface area contributed by atoms with Crippen LogP contribution in [0, 0.1) is 0 Å². The maximum absolute atomic E-state index is 11.1. The van der Waals surface area contributed by atoms with E-state index in [0.29, 0.717) is 16.6 Å². The standard InChI is InChI=1S/C14H18ClNO2/c15-12-5-6-14(11(9-12)10-18)16-7-1-3-13(16)4-2-8-17/h5-6,9-10,13,17H,1-4,7-8H2. The molecule has 1 unspecified atom stereocenters. The predicted octanol–water partition coefficient (Wildman–Crippen LogP) is 2.89. The van der Waals surface area contributed by atoms with Gasteiger partial charge in [-0.15, -0.1) is 0 Å². The van der Waals surface area contributed by atoms with Crippen LogP contribution in [0.1, 0.15) is 36.0 Å². The van der Waals surface area contributed by atoms with Crippen molar-refractivity contribution < 1.29 is 9.90 Å². The number of aldehydes is 1. The molecule has 0 bridgehead atoms. The third-order valence-corrected chi connectivity index (χ3v) is 3.73. The van der Waals surface area contributed by atoms with Crippen LogP contribution in [0.2, 0.25) is 5.02 Å². The molecule has 0 radical (unpaired) electrons. The highest BCUT2D eigenvalue weighted by atomic mass is 35.5. The number of benzene rings is 1. The molecule has 0 amide bonds. The third-order valence-electron chi connectivity index (χ3n) is 3.50. The molecule has 98 valence electrons. The Balaban J connectivity index is 2.21. The molecule has 0 saturated carbocycles. The smallest absolute Gasteiger partial charge is 0.152 e. The summed E-state index contributed by atoms with van der Waals surface area (Å²) in [6.07, 6.45) is 4.91. The number of aliphatic hydroxyl groups excluding tert-OH is 1. The molecule has 1 atom stereocenters. The second-order valence-corrected chi connectivity index (χ2v) is 5.11. The summed E-state index contributed by atoms with van der Waals surface area (Å²) in [5.41, 5.74) is 1.62. The van der Waals surface area contributed by atoms with Crippen molar-refractivity contribution in [2.45, 2.75) is 31.7 Å². The molecule has 0 spiro atoms. The highest BCUT2D eigenvalue weighted by Crippen LogP contribution is 2.31. The number of hydrogen-bond donors (Lipinski definition) is 1. The zero-order valence-corrected chi connectivity index (χ0v) is 11.1. The van der Waals surface area contributed by atoms with Crippen LogP contribution in [0.4, 0.5) is 5.69 Å². The topological polar surface area (TPSA) is 40.5 Å². The Morgan fingerprint density at radius 2 is 2.33 bits per heavy atom. The summed E-state index contributed by atoms with van der Waals surface area (Å²) in [5.74, 6) is 0. The summed E-state index contributed by atoms with van der Waals surface area (Å²) in [5, 5.41) is 9.52. The number of nitrogens with zero attached hydrogens (tertiary/aromatic N) is 1. The van der Waals surface area contributed by atoms with Gasteiger partial charge in [0.1, 0.15) is 0 Å². The van der Waals surface area contributed by atoms with Crippen LogP contribution in [0.25, 0.3) is 0 Å². The number of halogens is 1. The highest BCUT2D eigenvalue weighted by Gasteiger charge is 2.25. The van der Waals surface area contributed by atoms with Gasteiger partial charge in [0.2, 0.25) is 0 Å².